The fourth-order valence-corrected chi connectivity index (χ4v) is 3.80. The first-order valence-electron chi connectivity index (χ1n) is 7.30. The lowest BCUT2D eigenvalue weighted by atomic mass is 9.88. The van der Waals surface area contributed by atoms with Gasteiger partial charge < -0.3 is 11.1 Å². The Hall–Kier alpha value is -1.35. The maximum atomic E-state index is 12.4. The number of hydrogen-bond donors (Lipinski definition) is 2. The van der Waals surface area contributed by atoms with Crippen molar-refractivity contribution in [3.63, 3.8) is 0 Å². The highest BCUT2D eigenvalue weighted by Crippen LogP contribution is 2.48. The molecule has 2 saturated carbocycles. The van der Waals surface area contributed by atoms with Crippen molar-refractivity contribution in [2.45, 2.75) is 38.6 Å². The molecule has 4 unspecified atom stereocenters. The average molecular weight is 258 g/mol. The molecule has 2 aliphatic carbocycles. The third-order valence-electron chi connectivity index (χ3n) is 4.78. The summed E-state index contributed by atoms with van der Waals surface area (Å²) in [5.41, 5.74) is 7.85. The van der Waals surface area contributed by atoms with Crippen LogP contribution in [0.3, 0.4) is 0 Å². The molecule has 0 heterocycles. The third-order valence-corrected chi connectivity index (χ3v) is 4.78. The summed E-state index contributed by atoms with van der Waals surface area (Å²) in [6, 6.07) is 7.79. The molecule has 19 heavy (non-hydrogen) atoms. The number of amides is 1. The minimum Gasteiger partial charge on any atom is -0.326 e. The Balaban J connectivity index is 1.73. The number of para-hydroxylation sites is 1. The van der Waals surface area contributed by atoms with E-state index in [1.165, 1.54) is 19.3 Å². The summed E-state index contributed by atoms with van der Waals surface area (Å²) in [5.74, 6) is 1.83. The molecule has 3 N–H and O–H groups in total. The zero-order valence-corrected chi connectivity index (χ0v) is 11.4. The Morgan fingerprint density at radius 2 is 2.11 bits per heavy atom. The van der Waals surface area contributed by atoms with Crippen molar-refractivity contribution >= 4 is 11.6 Å². The highest BCUT2D eigenvalue weighted by molar-refractivity contribution is 5.93. The molecule has 3 nitrogen and oxygen atoms in total. The van der Waals surface area contributed by atoms with Gasteiger partial charge in [-0.1, -0.05) is 24.6 Å². The van der Waals surface area contributed by atoms with Crippen LogP contribution in [0.5, 0.6) is 0 Å². The van der Waals surface area contributed by atoms with Crippen LogP contribution in [0, 0.1) is 17.8 Å². The third kappa shape index (κ3) is 2.39. The molecular weight excluding hydrogens is 236 g/mol. The van der Waals surface area contributed by atoms with Crippen molar-refractivity contribution in [2.75, 3.05) is 5.32 Å². The van der Waals surface area contributed by atoms with E-state index in [0.717, 1.165) is 23.6 Å². The molecule has 2 fully saturated rings. The Bertz CT molecular complexity index is 483. The summed E-state index contributed by atoms with van der Waals surface area (Å²) >= 11 is 0. The van der Waals surface area contributed by atoms with Crippen LogP contribution < -0.4 is 11.1 Å². The number of hydrogen-bond acceptors (Lipinski definition) is 2. The second-order valence-corrected chi connectivity index (χ2v) is 6.15. The number of fused-ring (bicyclic) bond motifs is 2. The lowest BCUT2D eigenvalue weighted by molar-refractivity contribution is -0.121. The van der Waals surface area contributed by atoms with E-state index >= 15 is 0 Å². The van der Waals surface area contributed by atoms with Gasteiger partial charge in [-0.3, -0.25) is 4.79 Å². The van der Waals surface area contributed by atoms with Gasteiger partial charge in [0, 0.05) is 17.6 Å². The molecule has 102 valence electrons. The molecule has 3 rings (SSSR count). The molecule has 2 aliphatic rings. The maximum absolute atomic E-state index is 12.4. The van der Waals surface area contributed by atoms with Crippen molar-refractivity contribution in [2.24, 2.45) is 23.5 Å². The minimum absolute atomic E-state index is 0.0588. The van der Waals surface area contributed by atoms with Crippen LogP contribution in [0.25, 0.3) is 0 Å². The molecule has 2 bridgehead atoms. The lowest BCUT2D eigenvalue weighted by Crippen LogP contribution is -2.28. The molecule has 1 amide bonds. The zero-order valence-electron chi connectivity index (χ0n) is 11.4. The summed E-state index contributed by atoms with van der Waals surface area (Å²) < 4.78 is 0. The van der Waals surface area contributed by atoms with E-state index in [1.807, 2.05) is 31.2 Å². The van der Waals surface area contributed by atoms with Crippen molar-refractivity contribution in [1.82, 2.24) is 0 Å². The Labute approximate surface area is 114 Å². The van der Waals surface area contributed by atoms with Gasteiger partial charge in [0.15, 0.2) is 0 Å². The first-order valence-corrected chi connectivity index (χ1v) is 7.30. The van der Waals surface area contributed by atoms with E-state index in [-0.39, 0.29) is 17.9 Å². The topological polar surface area (TPSA) is 55.1 Å². The highest BCUT2D eigenvalue weighted by atomic mass is 16.1. The fraction of sp³-hybridized carbons (Fsp3) is 0.562. The van der Waals surface area contributed by atoms with Gasteiger partial charge in [-0.05, 0) is 49.7 Å². The number of nitrogens with two attached hydrogens (primary N) is 1. The largest absolute Gasteiger partial charge is 0.326 e. The Morgan fingerprint density at radius 3 is 2.74 bits per heavy atom. The van der Waals surface area contributed by atoms with Crippen LogP contribution in [-0.4, -0.2) is 5.91 Å². The molecule has 0 aromatic heterocycles. The van der Waals surface area contributed by atoms with Gasteiger partial charge in [-0.25, -0.2) is 0 Å². The normalized spacial score (nSPS) is 30.3. The molecule has 1 aromatic carbocycles. The lowest BCUT2D eigenvalue weighted by Gasteiger charge is -2.22. The molecule has 0 aliphatic heterocycles. The SMILES string of the molecule is CC(N)c1ccccc1NC(=O)C1CC2CCC1C2. The molecule has 0 radical (unpaired) electrons. The van der Waals surface area contributed by atoms with Gasteiger partial charge >= 0.3 is 0 Å². The predicted molar refractivity (Wildman–Crippen MR) is 76.6 cm³/mol. The molecule has 3 heteroatoms. The van der Waals surface area contributed by atoms with Gasteiger partial charge in [0.1, 0.15) is 0 Å². The van der Waals surface area contributed by atoms with Crippen molar-refractivity contribution in [1.29, 1.82) is 0 Å². The molecule has 0 saturated heterocycles. The number of carbonyl (C=O) groups excluding carboxylic acids is 1. The quantitative estimate of drug-likeness (QED) is 0.875. The maximum Gasteiger partial charge on any atom is 0.227 e. The van der Waals surface area contributed by atoms with Gasteiger partial charge in [0.2, 0.25) is 5.91 Å². The van der Waals surface area contributed by atoms with E-state index < -0.39 is 0 Å². The van der Waals surface area contributed by atoms with E-state index in [1.54, 1.807) is 0 Å². The van der Waals surface area contributed by atoms with E-state index in [4.69, 9.17) is 5.73 Å². The summed E-state index contributed by atoms with van der Waals surface area (Å²) in [6.45, 7) is 1.95. The summed E-state index contributed by atoms with van der Waals surface area (Å²) in [6.07, 6.45) is 4.90. The smallest absolute Gasteiger partial charge is 0.227 e. The van der Waals surface area contributed by atoms with Crippen LogP contribution in [0.2, 0.25) is 0 Å². The van der Waals surface area contributed by atoms with Gasteiger partial charge in [0.05, 0.1) is 0 Å². The predicted octanol–water partition coefficient (Wildman–Crippen LogP) is 3.08. The summed E-state index contributed by atoms with van der Waals surface area (Å²) in [4.78, 5) is 12.4. The highest BCUT2D eigenvalue weighted by Gasteiger charge is 2.43. The molecular formula is C16H22N2O. The zero-order chi connectivity index (χ0) is 13.4. The first kappa shape index (κ1) is 12.7. The molecule has 0 spiro atoms. The van der Waals surface area contributed by atoms with E-state index in [9.17, 15) is 4.79 Å². The van der Waals surface area contributed by atoms with Crippen LogP contribution in [0.15, 0.2) is 24.3 Å². The van der Waals surface area contributed by atoms with Gasteiger partial charge in [-0.2, -0.15) is 0 Å². The van der Waals surface area contributed by atoms with Crippen LogP contribution in [-0.2, 0) is 4.79 Å². The Kier molecular flexibility index (Phi) is 3.31. The van der Waals surface area contributed by atoms with Crippen LogP contribution in [0.1, 0.15) is 44.2 Å². The van der Waals surface area contributed by atoms with Crippen LogP contribution >= 0.6 is 0 Å². The van der Waals surface area contributed by atoms with Gasteiger partial charge in [-0.15, -0.1) is 0 Å². The molecule has 1 aromatic rings. The second-order valence-electron chi connectivity index (χ2n) is 6.15. The Morgan fingerprint density at radius 1 is 1.32 bits per heavy atom. The van der Waals surface area contributed by atoms with Crippen molar-refractivity contribution in [3.8, 4) is 0 Å². The number of benzene rings is 1. The fourth-order valence-electron chi connectivity index (χ4n) is 3.80. The summed E-state index contributed by atoms with van der Waals surface area (Å²) in [5, 5.41) is 3.10. The molecule has 4 atom stereocenters. The van der Waals surface area contributed by atoms with Crippen molar-refractivity contribution in [3.05, 3.63) is 29.8 Å². The minimum atomic E-state index is -0.0588. The average Bonchev–Trinajstić information content (AvgIpc) is 3.01. The number of nitrogens with one attached hydrogen (secondary N) is 1. The van der Waals surface area contributed by atoms with E-state index in [0.29, 0.717) is 5.92 Å². The first-order chi connectivity index (χ1) is 9.15. The second kappa shape index (κ2) is 4.97. The monoisotopic (exact) mass is 258 g/mol. The van der Waals surface area contributed by atoms with E-state index in [2.05, 4.69) is 5.32 Å². The number of anilines is 1. The standard InChI is InChI=1S/C16H22N2O/c1-10(17)13-4-2-3-5-15(13)18-16(19)14-9-11-6-7-12(14)8-11/h2-5,10-12,14H,6-9,17H2,1H3,(H,18,19). The number of carbonyl (C=O) groups is 1. The summed E-state index contributed by atoms with van der Waals surface area (Å²) in [7, 11) is 0. The van der Waals surface area contributed by atoms with Crippen LogP contribution in [0.4, 0.5) is 5.69 Å². The van der Waals surface area contributed by atoms with Gasteiger partial charge in [0.25, 0.3) is 0 Å². The van der Waals surface area contributed by atoms with Crippen molar-refractivity contribution < 1.29 is 4.79 Å². The number of rotatable bonds is 3.